The molecule has 1 aromatic heterocycles. The van der Waals surface area contributed by atoms with Crippen LogP contribution in [0, 0.1) is 5.92 Å². The van der Waals surface area contributed by atoms with E-state index in [9.17, 15) is 0 Å². The first-order valence-electron chi connectivity index (χ1n) is 6.69. The summed E-state index contributed by atoms with van der Waals surface area (Å²) in [6.07, 6.45) is 10.0. The fourth-order valence-corrected chi connectivity index (χ4v) is 2.81. The SMILES string of the molecule is CC1CCCCCC1Nc1cnccc1C(N)=S. The summed E-state index contributed by atoms with van der Waals surface area (Å²) in [6, 6.07) is 2.39. The van der Waals surface area contributed by atoms with Gasteiger partial charge in [-0.2, -0.15) is 0 Å². The number of aromatic nitrogens is 1. The molecule has 0 aromatic carbocycles. The first kappa shape index (κ1) is 13.3. The van der Waals surface area contributed by atoms with Gasteiger partial charge in [0.15, 0.2) is 0 Å². The van der Waals surface area contributed by atoms with Crippen molar-refractivity contribution in [3.63, 3.8) is 0 Å². The highest BCUT2D eigenvalue weighted by atomic mass is 32.1. The zero-order valence-electron chi connectivity index (χ0n) is 10.9. The van der Waals surface area contributed by atoms with Gasteiger partial charge in [-0.05, 0) is 24.8 Å². The Balaban J connectivity index is 2.14. The molecule has 1 aromatic rings. The molecule has 1 saturated carbocycles. The number of nitrogens with one attached hydrogen (secondary N) is 1. The number of nitrogens with zero attached hydrogens (tertiary/aromatic N) is 1. The Hall–Kier alpha value is -1.16. The number of hydrogen-bond acceptors (Lipinski definition) is 3. The van der Waals surface area contributed by atoms with Gasteiger partial charge >= 0.3 is 0 Å². The van der Waals surface area contributed by atoms with Crippen LogP contribution in [0.25, 0.3) is 0 Å². The summed E-state index contributed by atoms with van der Waals surface area (Å²) >= 11 is 5.08. The van der Waals surface area contributed by atoms with Crippen molar-refractivity contribution in [2.75, 3.05) is 5.32 Å². The topological polar surface area (TPSA) is 50.9 Å². The van der Waals surface area contributed by atoms with Crippen LogP contribution in [0.15, 0.2) is 18.5 Å². The van der Waals surface area contributed by atoms with Gasteiger partial charge in [-0.3, -0.25) is 4.98 Å². The minimum absolute atomic E-state index is 0.432. The molecule has 1 fully saturated rings. The van der Waals surface area contributed by atoms with E-state index in [0.29, 0.717) is 16.9 Å². The van der Waals surface area contributed by atoms with Gasteiger partial charge in [0.2, 0.25) is 0 Å². The van der Waals surface area contributed by atoms with Gasteiger partial charge in [0.1, 0.15) is 4.99 Å². The Morgan fingerprint density at radius 3 is 2.94 bits per heavy atom. The molecule has 4 heteroatoms. The van der Waals surface area contributed by atoms with Crippen molar-refractivity contribution in [2.45, 2.75) is 45.1 Å². The van der Waals surface area contributed by atoms with E-state index in [1.165, 1.54) is 32.1 Å². The number of rotatable bonds is 3. The highest BCUT2D eigenvalue weighted by Crippen LogP contribution is 2.26. The van der Waals surface area contributed by atoms with E-state index in [1.54, 1.807) is 6.20 Å². The maximum Gasteiger partial charge on any atom is 0.106 e. The van der Waals surface area contributed by atoms with Crippen molar-refractivity contribution < 1.29 is 0 Å². The van der Waals surface area contributed by atoms with Crippen molar-refractivity contribution >= 4 is 22.9 Å². The molecular weight excluding hydrogens is 242 g/mol. The standard InChI is InChI=1S/C14H21N3S/c1-10-5-3-2-4-6-12(10)17-13-9-16-8-7-11(13)14(15)18/h7-10,12,17H,2-6H2,1H3,(H2,15,18). The average Bonchev–Trinajstić information content (AvgIpc) is 2.55. The third kappa shape index (κ3) is 3.19. The summed E-state index contributed by atoms with van der Waals surface area (Å²) in [5, 5.41) is 3.59. The molecule has 1 heterocycles. The van der Waals surface area contributed by atoms with E-state index in [-0.39, 0.29) is 0 Å². The van der Waals surface area contributed by atoms with Crippen molar-refractivity contribution in [3.8, 4) is 0 Å². The van der Waals surface area contributed by atoms with Crippen LogP contribution in [0.4, 0.5) is 5.69 Å². The van der Waals surface area contributed by atoms with E-state index in [0.717, 1.165) is 11.3 Å². The highest BCUT2D eigenvalue weighted by Gasteiger charge is 2.20. The predicted octanol–water partition coefficient (Wildman–Crippen LogP) is 3.10. The number of nitrogens with two attached hydrogens (primary N) is 1. The zero-order chi connectivity index (χ0) is 13.0. The van der Waals surface area contributed by atoms with Gasteiger partial charge in [0.05, 0.1) is 11.9 Å². The Labute approximate surface area is 114 Å². The van der Waals surface area contributed by atoms with Gasteiger partial charge in [-0.15, -0.1) is 0 Å². The molecule has 98 valence electrons. The molecule has 0 aliphatic heterocycles. The number of thiocarbonyl (C=S) groups is 1. The molecule has 2 unspecified atom stereocenters. The Bertz CT molecular complexity index is 419. The van der Waals surface area contributed by atoms with Crippen LogP contribution >= 0.6 is 12.2 Å². The third-order valence-corrected chi connectivity index (χ3v) is 4.01. The summed E-state index contributed by atoms with van der Waals surface area (Å²) in [4.78, 5) is 4.60. The first-order valence-corrected chi connectivity index (χ1v) is 7.09. The van der Waals surface area contributed by atoms with Crippen LogP contribution in [0.2, 0.25) is 0 Å². The Kier molecular flexibility index (Phi) is 4.53. The minimum atomic E-state index is 0.432. The second kappa shape index (κ2) is 6.14. The van der Waals surface area contributed by atoms with Crippen LogP contribution in [0.1, 0.15) is 44.6 Å². The molecule has 1 aliphatic rings. The average molecular weight is 263 g/mol. The molecule has 1 aliphatic carbocycles. The van der Waals surface area contributed by atoms with Crippen molar-refractivity contribution in [3.05, 3.63) is 24.0 Å². The predicted molar refractivity (Wildman–Crippen MR) is 79.8 cm³/mol. The minimum Gasteiger partial charge on any atom is -0.389 e. The van der Waals surface area contributed by atoms with E-state index in [4.69, 9.17) is 18.0 Å². The Morgan fingerprint density at radius 2 is 2.17 bits per heavy atom. The van der Waals surface area contributed by atoms with Crippen molar-refractivity contribution in [1.82, 2.24) is 4.98 Å². The smallest absolute Gasteiger partial charge is 0.106 e. The van der Waals surface area contributed by atoms with E-state index >= 15 is 0 Å². The maximum atomic E-state index is 5.75. The van der Waals surface area contributed by atoms with Gasteiger partial charge in [-0.25, -0.2) is 0 Å². The number of pyridine rings is 1. The molecule has 0 saturated heterocycles. The second-order valence-corrected chi connectivity index (χ2v) is 5.59. The summed E-state index contributed by atoms with van der Waals surface area (Å²) < 4.78 is 0. The molecule has 0 spiro atoms. The molecule has 0 bridgehead atoms. The third-order valence-electron chi connectivity index (χ3n) is 3.79. The largest absolute Gasteiger partial charge is 0.389 e. The second-order valence-electron chi connectivity index (χ2n) is 5.15. The van der Waals surface area contributed by atoms with E-state index in [1.807, 2.05) is 12.3 Å². The van der Waals surface area contributed by atoms with Crippen LogP contribution in [0.3, 0.4) is 0 Å². The van der Waals surface area contributed by atoms with Gasteiger partial charge in [0, 0.05) is 17.8 Å². The quantitative estimate of drug-likeness (QED) is 0.650. The lowest BCUT2D eigenvalue weighted by atomic mass is 9.96. The lowest BCUT2D eigenvalue weighted by molar-refractivity contribution is 0.456. The summed E-state index contributed by atoms with van der Waals surface area (Å²) in [5.74, 6) is 0.687. The first-order chi connectivity index (χ1) is 8.68. The maximum absolute atomic E-state index is 5.75. The highest BCUT2D eigenvalue weighted by molar-refractivity contribution is 7.80. The van der Waals surface area contributed by atoms with Crippen LogP contribution < -0.4 is 11.1 Å². The molecule has 2 atom stereocenters. The number of hydrogen-bond donors (Lipinski definition) is 2. The van der Waals surface area contributed by atoms with Crippen LogP contribution in [0.5, 0.6) is 0 Å². The monoisotopic (exact) mass is 263 g/mol. The van der Waals surface area contributed by atoms with Crippen LogP contribution in [-0.2, 0) is 0 Å². The lowest BCUT2D eigenvalue weighted by Gasteiger charge is -2.25. The van der Waals surface area contributed by atoms with Gasteiger partial charge in [-0.1, -0.05) is 38.4 Å². The Morgan fingerprint density at radius 1 is 1.39 bits per heavy atom. The fourth-order valence-electron chi connectivity index (χ4n) is 2.63. The molecule has 2 rings (SSSR count). The molecule has 18 heavy (non-hydrogen) atoms. The van der Waals surface area contributed by atoms with Crippen molar-refractivity contribution in [2.24, 2.45) is 11.7 Å². The molecular formula is C14H21N3S. The normalized spacial score (nSPS) is 24.3. The van der Waals surface area contributed by atoms with E-state index in [2.05, 4.69) is 17.2 Å². The molecule has 0 radical (unpaired) electrons. The van der Waals surface area contributed by atoms with E-state index < -0.39 is 0 Å². The zero-order valence-corrected chi connectivity index (χ0v) is 11.7. The number of anilines is 1. The van der Waals surface area contributed by atoms with Gasteiger partial charge < -0.3 is 11.1 Å². The lowest BCUT2D eigenvalue weighted by Crippen LogP contribution is -2.27. The molecule has 3 nitrogen and oxygen atoms in total. The van der Waals surface area contributed by atoms with Gasteiger partial charge in [0.25, 0.3) is 0 Å². The molecule has 3 N–H and O–H groups in total. The summed E-state index contributed by atoms with van der Waals surface area (Å²) in [7, 11) is 0. The summed E-state index contributed by atoms with van der Waals surface area (Å²) in [6.45, 7) is 2.32. The van der Waals surface area contributed by atoms with Crippen LogP contribution in [-0.4, -0.2) is 16.0 Å². The molecule has 0 amide bonds. The van der Waals surface area contributed by atoms with Crippen molar-refractivity contribution in [1.29, 1.82) is 0 Å². The fraction of sp³-hybridized carbons (Fsp3) is 0.571. The summed E-state index contributed by atoms with van der Waals surface area (Å²) in [5.41, 5.74) is 7.62.